The molecule has 112 valence electrons. The van der Waals surface area contributed by atoms with Gasteiger partial charge in [0, 0.05) is 12.2 Å². The number of hydrogen-bond acceptors (Lipinski definition) is 4. The molecule has 0 atom stereocenters. The second kappa shape index (κ2) is 5.53. The SMILES string of the molecule is NCC1(C(=O)Nc2cc(C(=O)O)cc(C(=O)O)c2)CCC1. The number of nitrogens with one attached hydrogen (secondary N) is 1. The Morgan fingerprint density at radius 3 is 1.95 bits per heavy atom. The number of carbonyl (C=O) groups excluding carboxylic acids is 1. The Hall–Kier alpha value is -2.41. The van der Waals surface area contributed by atoms with Crippen LogP contribution in [0.15, 0.2) is 18.2 Å². The number of nitrogens with two attached hydrogens (primary N) is 1. The third kappa shape index (κ3) is 2.87. The Balaban J connectivity index is 2.29. The van der Waals surface area contributed by atoms with Crippen LogP contribution >= 0.6 is 0 Å². The number of amides is 1. The van der Waals surface area contributed by atoms with Gasteiger partial charge in [0.15, 0.2) is 0 Å². The third-order valence-electron chi connectivity index (χ3n) is 3.87. The fourth-order valence-corrected chi connectivity index (χ4v) is 2.34. The lowest BCUT2D eigenvalue weighted by molar-refractivity contribution is -0.129. The van der Waals surface area contributed by atoms with E-state index in [-0.39, 0.29) is 29.3 Å². The zero-order chi connectivity index (χ0) is 15.6. The summed E-state index contributed by atoms with van der Waals surface area (Å²) in [5.41, 5.74) is 4.77. The van der Waals surface area contributed by atoms with Crippen molar-refractivity contribution in [3.63, 3.8) is 0 Å². The Labute approximate surface area is 120 Å². The first kappa shape index (κ1) is 15.0. The normalized spacial score (nSPS) is 15.9. The van der Waals surface area contributed by atoms with E-state index < -0.39 is 17.4 Å². The van der Waals surface area contributed by atoms with Gasteiger partial charge in [-0.2, -0.15) is 0 Å². The van der Waals surface area contributed by atoms with E-state index in [1.807, 2.05) is 0 Å². The molecule has 0 heterocycles. The van der Waals surface area contributed by atoms with Gasteiger partial charge in [0.25, 0.3) is 0 Å². The number of hydrogen-bond donors (Lipinski definition) is 4. The number of aromatic carboxylic acids is 2. The predicted molar refractivity (Wildman–Crippen MR) is 74.3 cm³/mol. The van der Waals surface area contributed by atoms with Gasteiger partial charge in [-0.15, -0.1) is 0 Å². The van der Waals surface area contributed by atoms with Crippen molar-refractivity contribution in [2.24, 2.45) is 11.1 Å². The summed E-state index contributed by atoms with van der Waals surface area (Å²) in [5, 5.41) is 20.6. The average molecular weight is 292 g/mol. The first-order chi connectivity index (χ1) is 9.88. The molecule has 1 saturated carbocycles. The van der Waals surface area contributed by atoms with Crippen LogP contribution in [0.1, 0.15) is 40.0 Å². The van der Waals surface area contributed by atoms with Gasteiger partial charge < -0.3 is 21.3 Å². The lowest BCUT2D eigenvalue weighted by atomic mass is 9.68. The Morgan fingerprint density at radius 2 is 1.62 bits per heavy atom. The molecule has 1 fully saturated rings. The van der Waals surface area contributed by atoms with E-state index >= 15 is 0 Å². The van der Waals surface area contributed by atoms with Gasteiger partial charge in [0.1, 0.15) is 0 Å². The Bertz CT molecular complexity index is 570. The van der Waals surface area contributed by atoms with Crippen molar-refractivity contribution in [2.45, 2.75) is 19.3 Å². The van der Waals surface area contributed by atoms with Crippen LogP contribution in [0.4, 0.5) is 5.69 Å². The highest BCUT2D eigenvalue weighted by Crippen LogP contribution is 2.40. The van der Waals surface area contributed by atoms with Crippen molar-refractivity contribution in [3.05, 3.63) is 29.3 Å². The fourth-order valence-electron chi connectivity index (χ4n) is 2.34. The van der Waals surface area contributed by atoms with Crippen molar-refractivity contribution < 1.29 is 24.6 Å². The highest BCUT2D eigenvalue weighted by atomic mass is 16.4. The zero-order valence-electron chi connectivity index (χ0n) is 11.3. The van der Waals surface area contributed by atoms with Crippen LogP contribution in [0.5, 0.6) is 0 Å². The molecule has 5 N–H and O–H groups in total. The van der Waals surface area contributed by atoms with E-state index in [2.05, 4.69) is 5.32 Å². The standard InChI is InChI=1S/C14H16N2O5/c15-7-14(2-1-3-14)13(21)16-10-5-8(11(17)18)4-9(6-10)12(19)20/h4-6H,1-3,7,15H2,(H,16,21)(H,17,18)(H,19,20). The molecule has 0 aromatic heterocycles. The number of carboxylic acids is 2. The molecule has 1 aromatic carbocycles. The molecular weight excluding hydrogens is 276 g/mol. The molecule has 0 saturated heterocycles. The minimum Gasteiger partial charge on any atom is -0.478 e. The van der Waals surface area contributed by atoms with Crippen LogP contribution in [-0.2, 0) is 4.79 Å². The van der Waals surface area contributed by atoms with Gasteiger partial charge in [-0.05, 0) is 31.0 Å². The van der Waals surface area contributed by atoms with Gasteiger partial charge in [-0.25, -0.2) is 9.59 Å². The Kier molecular flexibility index (Phi) is 3.95. The van der Waals surface area contributed by atoms with Crippen molar-refractivity contribution in [2.75, 3.05) is 11.9 Å². The molecule has 21 heavy (non-hydrogen) atoms. The lowest BCUT2D eigenvalue weighted by Gasteiger charge is -2.39. The molecule has 1 aliphatic carbocycles. The maximum Gasteiger partial charge on any atom is 0.335 e. The lowest BCUT2D eigenvalue weighted by Crippen LogP contribution is -2.47. The second-order valence-electron chi connectivity index (χ2n) is 5.20. The van der Waals surface area contributed by atoms with E-state index in [1.165, 1.54) is 12.1 Å². The van der Waals surface area contributed by atoms with E-state index in [0.29, 0.717) is 12.8 Å². The molecule has 7 heteroatoms. The molecule has 1 aliphatic rings. The molecule has 2 rings (SSSR count). The topological polar surface area (TPSA) is 130 Å². The smallest absolute Gasteiger partial charge is 0.335 e. The highest BCUT2D eigenvalue weighted by molar-refractivity contribution is 6.00. The van der Waals surface area contributed by atoms with Gasteiger partial charge in [0.2, 0.25) is 5.91 Å². The quantitative estimate of drug-likeness (QED) is 0.644. The van der Waals surface area contributed by atoms with Gasteiger partial charge in [-0.3, -0.25) is 4.79 Å². The first-order valence-corrected chi connectivity index (χ1v) is 6.51. The number of carbonyl (C=O) groups is 3. The maximum atomic E-state index is 12.2. The van der Waals surface area contributed by atoms with Crippen molar-refractivity contribution in [1.82, 2.24) is 0 Å². The number of carboxylic acid groups (broad SMARTS) is 2. The van der Waals surface area contributed by atoms with Crippen molar-refractivity contribution in [3.8, 4) is 0 Å². The van der Waals surface area contributed by atoms with Crippen LogP contribution in [0.2, 0.25) is 0 Å². The number of rotatable bonds is 5. The van der Waals surface area contributed by atoms with E-state index in [4.69, 9.17) is 15.9 Å². The molecule has 1 aromatic rings. The summed E-state index contributed by atoms with van der Waals surface area (Å²) < 4.78 is 0. The third-order valence-corrected chi connectivity index (χ3v) is 3.87. The number of anilines is 1. The van der Waals surface area contributed by atoms with E-state index in [1.54, 1.807) is 0 Å². The molecule has 0 bridgehead atoms. The summed E-state index contributed by atoms with van der Waals surface area (Å²) in [5.74, 6) is -2.81. The van der Waals surface area contributed by atoms with Gasteiger partial charge in [-0.1, -0.05) is 6.42 Å². The molecule has 0 radical (unpaired) electrons. The number of benzene rings is 1. The van der Waals surface area contributed by atoms with Crippen LogP contribution in [-0.4, -0.2) is 34.6 Å². The van der Waals surface area contributed by atoms with Gasteiger partial charge >= 0.3 is 11.9 Å². The molecule has 0 spiro atoms. The summed E-state index contributed by atoms with van der Waals surface area (Å²) in [6.45, 7) is 0.212. The first-order valence-electron chi connectivity index (χ1n) is 6.51. The minimum atomic E-state index is -1.26. The summed E-state index contributed by atoms with van der Waals surface area (Å²) in [6.07, 6.45) is 2.28. The summed E-state index contributed by atoms with van der Waals surface area (Å²) in [7, 11) is 0. The average Bonchev–Trinajstić information content (AvgIpc) is 2.37. The molecular formula is C14H16N2O5. The van der Waals surface area contributed by atoms with Crippen molar-refractivity contribution in [1.29, 1.82) is 0 Å². The summed E-state index contributed by atoms with van der Waals surface area (Å²) >= 11 is 0. The summed E-state index contributed by atoms with van der Waals surface area (Å²) in [4.78, 5) is 34.2. The summed E-state index contributed by atoms with van der Waals surface area (Å²) in [6, 6.07) is 3.51. The van der Waals surface area contributed by atoms with E-state index in [0.717, 1.165) is 12.5 Å². The van der Waals surface area contributed by atoms with E-state index in [9.17, 15) is 14.4 Å². The zero-order valence-corrected chi connectivity index (χ0v) is 11.3. The largest absolute Gasteiger partial charge is 0.478 e. The van der Waals surface area contributed by atoms with Gasteiger partial charge in [0.05, 0.1) is 16.5 Å². The maximum absolute atomic E-state index is 12.2. The molecule has 0 aliphatic heterocycles. The van der Waals surface area contributed by atoms with Crippen LogP contribution in [0, 0.1) is 5.41 Å². The highest BCUT2D eigenvalue weighted by Gasteiger charge is 2.42. The minimum absolute atomic E-state index is 0.150. The molecule has 1 amide bonds. The van der Waals surface area contributed by atoms with Crippen LogP contribution in [0.25, 0.3) is 0 Å². The molecule has 0 unspecified atom stereocenters. The fraction of sp³-hybridized carbons (Fsp3) is 0.357. The second-order valence-corrected chi connectivity index (χ2v) is 5.20. The van der Waals surface area contributed by atoms with Crippen LogP contribution < -0.4 is 11.1 Å². The van der Waals surface area contributed by atoms with Crippen LogP contribution in [0.3, 0.4) is 0 Å². The van der Waals surface area contributed by atoms with Crippen molar-refractivity contribution >= 4 is 23.5 Å². The Morgan fingerprint density at radius 1 is 1.10 bits per heavy atom. The molecule has 7 nitrogen and oxygen atoms in total. The predicted octanol–water partition coefficient (Wildman–Crippen LogP) is 1.15. The monoisotopic (exact) mass is 292 g/mol.